The van der Waals surface area contributed by atoms with Crippen LogP contribution in [0.1, 0.15) is 28.3 Å². The van der Waals surface area contributed by atoms with Gasteiger partial charge in [0.25, 0.3) is 0 Å². The molecule has 0 aliphatic heterocycles. The average molecular weight is 255 g/mol. The molecule has 0 fully saturated rings. The second-order valence-electron chi connectivity index (χ2n) is 4.90. The summed E-state index contributed by atoms with van der Waals surface area (Å²) in [6.07, 6.45) is 0. The van der Waals surface area contributed by atoms with Crippen molar-refractivity contribution in [2.75, 3.05) is 6.61 Å². The Morgan fingerprint density at radius 1 is 0.947 bits per heavy atom. The third-order valence-electron chi connectivity index (χ3n) is 3.55. The van der Waals surface area contributed by atoms with Crippen LogP contribution in [0.4, 0.5) is 0 Å². The molecule has 2 aromatic carbocycles. The van der Waals surface area contributed by atoms with Gasteiger partial charge in [0.05, 0.1) is 12.6 Å². The molecule has 0 bridgehead atoms. The summed E-state index contributed by atoms with van der Waals surface area (Å²) in [6.45, 7) is 5.13. The Hall–Kier alpha value is -1.64. The SMILES string of the molecule is Cc1cccc(C)c1CN[C@H](CO)c1ccccc1. The van der Waals surface area contributed by atoms with Crippen LogP contribution in [0.25, 0.3) is 0 Å². The number of hydrogen-bond donors (Lipinski definition) is 2. The van der Waals surface area contributed by atoms with Gasteiger partial charge in [-0.2, -0.15) is 0 Å². The van der Waals surface area contributed by atoms with Crippen molar-refractivity contribution in [3.63, 3.8) is 0 Å². The van der Waals surface area contributed by atoms with Gasteiger partial charge in [0.2, 0.25) is 0 Å². The highest BCUT2D eigenvalue weighted by Gasteiger charge is 2.10. The third-order valence-corrected chi connectivity index (χ3v) is 3.55. The third kappa shape index (κ3) is 3.43. The number of aliphatic hydroxyl groups is 1. The van der Waals surface area contributed by atoms with Crippen molar-refractivity contribution in [3.05, 3.63) is 70.8 Å². The monoisotopic (exact) mass is 255 g/mol. The lowest BCUT2D eigenvalue weighted by Gasteiger charge is -2.18. The average Bonchev–Trinajstić information content (AvgIpc) is 2.43. The predicted octanol–water partition coefficient (Wildman–Crippen LogP) is 3.13. The molecule has 0 aliphatic carbocycles. The van der Waals surface area contributed by atoms with Crippen LogP contribution >= 0.6 is 0 Å². The smallest absolute Gasteiger partial charge is 0.0626 e. The van der Waals surface area contributed by atoms with Gasteiger partial charge in [0.1, 0.15) is 0 Å². The Kier molecular flexibility index (Phi) is 4.72. The fraction of sp³-hybridized carbons (Fsp3) is 0.294. The Balaban J connectivity index is 2.09. The Bertz CT molecular complexity index is 502. The highest BCUT2D eigenvalue weighted by molar-refractivity contribution is 5.33. The zero-order chi connectivity index (χ0) is 13.7. The van der Waals surface area contributed by atoms with E-state index in [9.17, 15) is 5.11 Å². The molecule has 1 atom stereocenters. The van der Waals surface area contributed by atoms with Crippen LogP contribution in [-0.4, -0.2) is 11.7 Å². The van der Waals surface area contributed by atoms with Crippen LogP contribution < -0.4 is 5.32 Å². The fourth-order valence-corrected chi connectivity index (χ4v) is 2.33. The largest absolute Gasteiger partial charge is 0.394 e. The molecule has 0 radical (unpaired) electrons. The Morgan fingerprint density at radius 3 is 2.16 bits per heavy atom. The lowest BCUT2D eigenvalue weighted by molar-refractivity contribution is 0.243. The summed E-state index contributed by atoms with van der Waals surface area (Å²) in [5.41, 5.74) is 5.02. The molecule has 19 heavy (non-hydrogen) atoms. The minimum absolute atomic E-state index is 0.0137. The minimum Gasteiger partial charge on any atom is -0.394 e. The van der Waals surface area contributed by atoms with Crippen molar-refractivity contribution in [3.8, 4) is 0 Å². The van der Waals surface area contributed by atoms with Gasteiger partial charge in [-0.3, -0.25) is 0 Å². The summed E-state index contributed by atoms with van der Waals surface area (Å²) in [4.78, 5) is 0. The molecular weight excluding hydrogens is 234 g/mol. The van der Waals surface area contributed by atoms with E-state index in [-0.39, 0.29) is 12.6 Å². The van der Waals surface area contributed by atoms with Gasteiger partial charge < -0.3 is 10.4 Å². The molecule has 2 rings (SSSR count). The maximum Gasteiger partial charge on any atom is 0.0626 e. The van der Waals surface area contributed by atoms with Crippen molar-refractivity contribution in [1.29, 1.82) is 0 Å². The predicted molar refractivity (Wildman–Crippen MR) is 79.0 cm³/mol. The van der Waals surface area contributed by atoms with Crippen molar-refractivity contribution in [2.24, 2.45) is 0 Å². The molecule has 0 amide bonds. The Labute approximate surface area is 115 Å². The second-order valence-corrected chi connectivity index (χ2v) is 4.90. The Morgan fingerprint density at radius 2 is 1.58 bits per heavy atom. The summed E-state index contributed by atoms with van der Waals surface area (Å²) >= 11 is 0. The summed E-state index contributed by atoms with van der Waals surface area (Å²) < 4.78 is 0. The lowest BCUT2D eigenvalue weighted by Crippen LogP contribution is -2.24. The number of nitrogens with one attached hydrogen (secondary N) is 1. The summed E-state index contributed by atoms with van der Waals surface area (Å²) in [7, 11) is 0. The summed E-state index contributed by atoms with van der Waals surface area (Å²) in [5.74, 6) is 0. The molecule has 2 N–H and O–H groups in total. The molecule has 0 heterocycles. The van der Waals surface area contributed by atoms with Crippen LogP contribution in [0.5, 0.6) is 0 Å². The molecule has 2 aromatic rings. The minimum atomic E-state index is -0.0137. The molecular formula is C17H21NO. The summed E-state index contributed by atoms with van der Waals surface area (Å²) in [5, 5.41) is 13.0. The number of benzene rings is 2. The summed E-state index contributed by atoms with van der Waals surface area (Å²) in [6, 6.07) is 16.4. The van der Waals surface area contributed by atoms with Crippen LogP contribution in [0.3, 0.4) is 0 Å². The molecule has 0 spiro atoms. The topological polar surface area (TPSA) is 32.3 Å². The first kappa shape index (κ1) is 13.8. The van der Waals surface area contributed by atoms with Crippen LogP contribution in [0, 0.1) is 13.8 Å². The van der Waals surface area contributed by atoms with E-state index in [1.54, 1.807) is 0 Å². The standard InChI is InChI=1S/C17H21NO/c1-13-7-6-8-14(2)16(13)11-18-17(12-19)15-9-4-3-5-10-15/h3-10,17-19H,11-12H2,1-2H3/t17-/m1/s1. The maximum absolute atomic E-state index is 9.53. The molecule has 2 nitrogen and oxygen atoms in total. The van der Waals surface area contributed by atoms with Crippen LogP contribution in [-0.2, 0) is 6.54 Å². The first-order chi connectivity index (χ1) is 9.22. The highest BCUT2D eigenvalue weighted by atomic mass is 16.3. The molecule has 100 valence electrons. The highest BCUT2D eigenvalue weighted by Crippen LogP contribution is 2.16. The lowest BCUT2D eigenvalue weighted by atomic mass is 10.0. The molecule has 0 saturated heterocycles. The van der Waals surface area contributed by atoms with Crippen LogP contribution in [0.15, 0.2) is 48.5 Å². The first-order valence-corrected chi connectivity index (χ1v) is 6.66. The van der Waals surface area contributed by atoms with E-state index in [0.717, 1.165) is 12.1 Å². The molecule has 0 aliphatic rings. The fourth-order valence-electron chi connectivity index (χ4n) is 2.33. The second kappa shape index (κ2) is 6.50. The van der Waals surface area contributed by atoms with Gasteiger partial charge in [-0.1, -0.05) is 48.5 Å². The van der Waals surface area contributed by atoms with Gasteiger partial charge >= 0.3 is 0 Å². The van der Waals surface area contributed by atoms with Gasteiger partial charge in [-0.05, 0) is 36.1 Å². The normalized spacial score (nSPS) is 12.4. The first-order valence-electron chi connectivity index (χ1n) is 6.66. The van der Waals surface area contributed by atoms with E-state index in [4.69, 9.17) is 0 Å². The van der Waals surface area contributed by atoms with Crippen molar-refractivity contribution in [2.45, 2.75) is 26.4 Å². The van der Waals surface area contributed by atoms with Crippen molar-refractivity contribution in [1.82, 2.24) is 5.32 Å². The molecule has 0 unspecified atom stereocenters. The van der Waals surface area contributed by atoms with Crippen LogP contribution in [0.2, 0.25) is 0 Å². The van der Waals surface area contributed by atoms with E-state index < -0.39 is 0 Å². The van der Waals surface area contributed by atoms with E-state index in [2.05, 4.69) is 37.4 Å². The number of rotatable bonds is 5. The van der Waals surface area contributed by atoms with Crippen molar-refractivity contribution >= 4 is 0 Å². The van der Waals surface area contributed by atoms with E-state index in [1.165, 1.54) is 16.7 Å². The molecule has 2 heteroatoms. The number of aryl methyl sites for hydroxylation is 2. The zero-order valence-corrected chi connectivity index (χ0v) is 11.6. The number of aliphatic hydroxyl groups excluding tert-OH is 1. The quantitative estimate of drug-likeness (QED) is 0.860. The maximum atomic E-state index is 9.53. The zero-order valence-electron chi connectivity index (χ0n) is 11.6. The van der Waals surface area contributed by atoms with Gasteiger partial charge in [-0.15, -0.1) is 0 Å². The van der Waals surface area contributed by atoms with Crippen molar-refractivity contribution < 1.29 is 5.11 Å². The van der Waals surface area contributed by atoms with E-state index in [0.29, 0.717) is 0 Å². The van der Waals surface area contributed by atoms with E-state index in [1.807, 2.05) is 30.3 Å². The van der Waals surface area contributed by atoms with Gasteiger partial charge in [0, 0.05) is 6.54 Å². The van der Waals surface area contributed by atoms with Gasteiger partial charge in [0.15, 0.2) is 0 Å². The van der Waals surface area contributed by atoms with Gasteiger partial charge in [-0.25, -0.2) is 0 Å². The molecule has 0 aromatic heterocycles. The number of hydrogen-bond acceptors (Lipinski definition) is 2. The molecule has 0 saturated carbocycles. The van der Waals surface area contributed by atoms with E-state index >= 15 is 0 Å².